The van der Waals surface area contributed by atoms with Crippen molar-refractivity contribution in [3.8, 4) is 0 Å². The summed E-state index contributed by atoms with van der Waals surface area (Å²) in [5.74, 6) is -0.840. The smallest absolute Gasteiger partial charge is 0.371 e. The Balaban J connectivity index is 3.38. The number of anilines is 1. The van der Waals surface area contributed by atoms with E-state index in [-0.39, 0.29) is 11.3 Å². The van der Waals surface area contributed by atoms with Gasteiger partial charge in [0.1, 0.15) is 0 Å². The van der Waals surface area contributed by atoms with Crippen molar-refractivity contribution in [3.63, 3.8) is 0 Å². The maximum atomic E-state index is 12.2. The van der Waals surface area contributed by atoms with Crippen molar-refractivity contribution < 1.29 is 18.8 Å². The molecule has 0 saturated carbocycles. The normalized spacial score (nSPS) is 10.7. The predicted octanol–water partition coefficient (Wildman–Crippen LogP) is 1.00. The second-order valence-corrected chi connectivity index (χ2v) is 2.65. The zero-order chi connectivity index (χ0) is 11.6. The highest BCUT2D eigenvalue weighted by Gasteiger charge is 2.24. The molecule has 0 atom stereocenters. The number of rotatable bonds is 3. The summed E-state index contributed by atoms with van der Waals surface area (Å²) in [6.45, 7) is -0.724. The molecular weight excluding hydrogens is 212 g/mol. The Kier molecular flexibility index (Phi) is 3.10. The molecule has 0 aliphatic heterocycles. The monoisotopic (exact) mass is 219 g/mol. The van der Waals surface area contributed by atoms with Crippen molar-refractivity contribution in [2.45, 2.75) is 13.0 Å². The van der Waals surface area contributed by atoms with Crippen molar-refractivity contribution in [2.75, 3.05) is 5.73 Å². The van der Waals surface area contributed by atoms with Crippen LogP contribution in [0.3, 0.4) is 0 Å². The molecule has 0 bridgehead atoms. The van der Waals surface area contributed by atoms with Gasteiger partial charge in [-0.1, -0.05) is 0 Å². The minimum atomic E-state index is -2.95. The highest BCUT2D eigenvalue weighted by molar-refractivity contribution is 5.55. The lowest BCUT2D eigenvalue weighted by atomic mass is 10.2. The molecule has 1 rings (SSSR count). The molecule has 15 heavy (non-hydrogen) atoms. The zero-order valence-electron chi connectivity index (χ0n) is 7.35. The molecule has 0 aromatic carbocycles. The Labute approximate surface area is 82.5 Å². The van der Waals surface area contributed by atoms with E-state index in [4.69, 9.17) is 10.8 Å². The number of nitrogens with zero attached hydrogens (tertiary/aromatic N) is 2. The average Bonchev–Trinajstić information content (AvgIpc) is 2.16. The Morgan fingerprint density at radius 2 is 2.27 bits per heavy atom. The fourth-order valence-corrected chi connectivity index (χ4v) is 1.02. The molecule has 82 valence electrons. The molecule has 8 heteroatoms. The molecular formula is C7H7F2N3O3. The van der Waals surface area contributed by atoms with Crippen LogP contribution < -0.4 is 5.73 Å². The molecule has 0 aliphatic rings. The number of aliphatic hydroxyl groups excluding tert-OH is 1. The molecule has 1 aromatic heterocycles. The first-order chi connectivity index (χ1) is 6.97. The first kappa shape index (κ1) is 11.2. The summed E-state index contributed by atoms with van der Waals surface area (Å²) in [4.78, 5) is 12.6. The quantitative estimate of drug-likeness (QED) is 0.583. The summed E-state index contributed by atoms with van der Waals surface area (Å²) in [5.41, 5.74) is 3.96. The fraction of sp³-hybridized carbons (Fsp3) is 0.286. The highest BCUT2D eigenvalue weighted by atomic mass is 19.3. The molecule has 3 N–H and O–H groups in total. The second kappa shape index (κ2) is 4.13. The van der Waals surface area contributed by atoms with E-state index in [1.54, 1.807) is 0 Å². The van der Waals surface area contributed by atoms with Crippen molar-refractivity contribution >= 4 is 11.5 Å². The number of aliphatic hydroxyl groups is 1. The van der Waals surface area contributed by atoms with Crippen LogP contribution in [0.5, 0.6) is 0 Å². The number of nitrogen functional groups attached to an aromatic ring is 1. The van der Waals surface area contributed by atoms with E-state index in [1.165, 1.54) is 0 Å². The average molecular weight is 219 g/mol. The van der Waals surface area contributed by atoms with Gasteiger partial charge in [0.15, 0.2) is 0 Å². The molecule has 1 heterocycles. The van der Waals surface area contributed by atoms with Gasteiger partial charge in [0.05, 0.1) is 12.2 Å². The third-order valence-electron chi connectivity index (χ3n) is 1.71. The molecule has 0 amide bonds. The van der Waals surface area contributed by atoms with E-state index < -0.39 is 29.5 Å². The minimum absolute atomic E-state index is 0.260. The summed E-state index contributed by atoms with van der Waals surface area (Å²) < 4.78 is 24.4. The second-order valence-electron chi connectivity index (χ2n) is 2.65. The number of nitro groups is 1. The van der Waals surface area contributed by atoms with Crippen LogP contribution in [0.2, 0.25) is 0 Å². The molecule has 0 aliphatic carbocycles. The van der Waals surface area contributed by atoms with Crippen LogP contribution >= 0.6 is 0 Å². The molecule has 0 fully saturated rings. The van der Waals surface area contributed by atoms with Gasteiger partial charge in [-0.25, -0.2) is 8.78 Å². The zero-order valence-corrected chi connectivity index (χ0v) is 7.35. The Morgan fingerprint density at radius 1 is 1.67 bits per heavy atom. The Hall–Kier alpha value is -1.83. The van der Waals surface area contributed by atoms with Gasteiger partial charge in [-0.2, -0.15) is 0 Å². The predicted molar refractivity (Wildman–Crippen MR) is 46.2 cm³/mol. The number of pyridine rings is 1. The third kappa shape index (κ3) is 2.15. The summed E-state index contributed by atoms with van der Waals surface area (Å²) in [6.07, 6.45) is -2.95. The number of alkyl halides is 2. The van der Waals surface area contributed by atoms with Gasteiger partial charge in [0, 0.05) is 11.8 Å². The van der Waals surface area contributed by atoms with E-state index in [2.05, 4.69) is 4.98 Å². The van der Waals surface area contributed by atoms with E-state index in [9.17, 15) is 18.9 Å². The molecule has 0 saturated heterocycles. The van der Waals surface area contributed by atoms with E-state index in [1.807, 2.05) is 0 Å². The summed E-state index contributed by atoms with van der Waals surface area (Å²) in [7, 11) is 0. The number of halogens is 2. The molecule has 1 aromatic rings. The van der Waals surface area contributed by atoms with Gasteiger partial charge in [-0.15, -0.1) is 0 Å². The number of nitrogens with two attached hydrogens (primary N) is 1. The highest BCUT2D eigenvalue weighted by Crippen LogP contribution is 2.27. The first-order valence-corrected chi connectivity index (χ1v) is 3.80. The SMILES string of the molecule is Nc1cc(C(F)F)nc([N+](=O)[O-])c1CO. The Morgan fingerprint density at radius 3 is 2.67 bits per heavy atom. The van der Waals surface area contributed by atoms with Crippen LogP contribution in [0.25, 0.3) is 0 Å². The van der Waals surface area contributed by atoms with Crippen molar-refractivity contribution in [1.29, 1.82) is 0 Å². The number of aromatic nitrogens is 1. The minimum Gasteiger partial charge on any atom is -0.398 e. The first-order valence-electron chi connectivity index (χ1n) is 3.80. The molecule has 0 spiro atoms. The third-order valence-corrected chi connectivity index (χ3v) is 1.71. The van der Waals surface area contributed by atoms with Crippen LogP contribution in [0, 0.1) is 10.1 Å². The van der Waals surface area contributed by atoms with Gasteiger partial charge in [-0.05, 0) is 9.91 Å². The van der Waals surface area contributed by atoms with Crippen molar-refractivity contribution in [1.82, 2.24) is 4.98 Å². The van der Waals surface area contributed by atoms with Crippen LogP contribution in [0.15, 0.2) is 6.07 Å². The standard InChI is InChI=1S/C7H7F2N3O3/c8-6(9)5-1-4(10)3(2-13)7(11-5)12(14)15/h1,6,13H,2H2,(H2,10,11). The lowest BCUT2D eigenvalue weighted by Crippen LogP contribution is -2.06. The van der Waals surface area contributed by atoms with Gasteiger partial charge in [0.2, 0.25) is 5.69 Å². The Bertz CT molecular complexity index is 397. The van der Waals surface area contributed by atoms with Crippen LogP contribution in [-0.2, 0) is 6.61 Å². The summed E-state index contributed by atoms with van der Waals surface area (Å²) >= 11 is 0. The lowest BCUT2D eigenvalue weighted by Gasteiger charge is -2.04. The molecule has 6 nitrogen and oxygen atoms in total. The van der Waals surface area contributed by atoms with E-state index in [0.717, 1.165) is 6.07 Å². The van der Waals surface area contributed by atoms with Crippen LogP contribution in [-0.4, -0.2) is 15.0 Å². The van der Waals surface area contributed by atoms with Gasteiger partial charge < -0.3 is 21.0 Å². The van der Waals surface area contributed by atoms with E-state index in [0.29, 0.717) is 0 Å². The fourth-order valence-electron chi connectivity index (χ4n) is 1.02. The van der Waals surface area contributed by atoms with Crippen molar-refractivity contribution in [2.24, 2.45) is 0 Å². The van der Waals surface area contributed by atoms with Gasteiger partial charge in [0.25, 0.3) is 0 Å². The molecule has 0 radical (unpaired) electrons. The number of hydrogen-bond donors (Lipinski definition) is 2. The van der Waals surface area contributed by atoms with Crippen LogP contribution in [0.1, 0.15) is 17.7 Å². The van der Waals surface area contributed by atoms with E-state index >= 15 is 0 Å². The number of hydrogen-bond acceptors (Lipinski definition) is 5. The maximum absolute atomic E-state index is 12.2. The van der Waals surface area contributed by atoms with Gasteiger partial charge in [-0.3, -0.25) is 0 Å². The maximum Gasteiger partial charge on any atom is 0.371 e. The summed E-state index contributed by atoms with van der Waals surface area (Å²) in [6, 6.07) is 0.809. The lowest BCUT2D eigenvalue weighted by molar-refractivity contribution is -0.390. The van der Waals surface area contributed by atoms with Crippen molar-refractivity contribution in [3.05, 3.63) is 27.4 Å². The largest absolute Gasteiger partial charge is 0.398 e. The van der Waals surface area contributed by atoms with Gasteiger partial charge >= 0.3 is 12.2 Å². The van der Waals surface area contributed by atoms with Crippen LogP contribution in [0.4, 0.5) is 20.3 Å². The summed E-state index contributed by atoms with van der Waals surface area (Å²) in [5, 5.41) is 19.2. The molecule has 0 unspecified atom stereocenters. The topological polar surface area (TPSA) is 102 Å².